The van der Waals surface area contributed by atoms with Crippen LogP contribution in [0.25, 0.3) is 0 Å². The third kappa shape index (κ3) is 3.74. The average molecular weight is 235 g/mol. The van der Waals surface area contributed by atoms with Crippen molar-refractivity contribution < 1.29 is 13.5 Å². The molecule has 0 saturated heterocycles. The summed E-state index contributed by atoms with van der Waals surface area (Å²) in [6.07, 6.45) is 3.53. The first kappa shape index (κ1) is 12.9. The molecule has 0 atom stereocenters. The molecule has 0 aromatic carbocycles. The summed E-state index contributed by atoms with van der Waals surface area (Å²) in [5, 5.41) is 8.59. The zero-order valence-electron chi connectivity index (χ0n) is 9.44. The van der Waals surface area contributed by atoms with E-state index in [1.165, 1.54) is 0 Å². The van der Waals surface area contributed by atoms with E-state index < -0.39 is 10.0 Å². The van der Waals surface area contributed by atoms with Crippen LogP contribution in [0.2, 0.25) is 0 Å². The molecule has 0 aromatic heterocycles. The van der Waals surface area contributed by atoms with Gasteiger partial charge >= 0.3 is 0 Å². The smallest absolute Gasteiger partial charge is 0.214 e. The Labute approximate surface area is 92.1 Å². The summed E-state index contributed by atoms with van der Waals surface area (Å²) in [6, 6.07) is 0.0696. The first-order valence-electron chi connectivity index (χ1n) is 5.57. The molecule has 1 aliphatic carbocycles. The van der Waals surface area contributed by atoms with Crippen LogP contribution in [0.15, 0.2) is 0 Å². The zero-order valence-corrected chi connectivity index (χ0v) is 10.3. The maximum atomic E-state index is 11.6. The van der Waals surface area contributed by atoms with Gasteiger partial charge in [-0.1, -0.05) is 0 Å². The molecule has 0 radical (unpaired) electrons. The van der Waals surface area contributed by atoms with Crippen LogP contribution in [-0.2, 0) is 10.0 Å². The van der Waals surface area contributed by atoms with E-state index in [4.69, 9.17) is 5.11 Å². The highest BCUT2D eigenvalue weighted by Gasteiger charge is 2.25. The van der Waals surface area contributed by atoms with E-state index in [1.54, 1.807) is 13.8 Å². The van der Waals surface area contributed by atoms with Crippen LogP contribution in [0, 0.1) is 5.92 Å². The van der Waals surface area contributed by atoms with Crippen molar-refractivity contribution in [3.63, 3.8) is 0 Å². The molecule has 1 rings (SSSR count). The van der Waals surface area contributed by atoms with Gasteiger partial charge in [0.25, 0.3) is 0 Å². The van der Waals surface area contributed by atoms with Gasteiger partial charge in [-0.05, 0) is 45.4 Å². The SMILES string of the molecule is CC(C)S(=O)(=O)NC1CCC(CO)CC1. The van der Waals surface area contributed by atoms with E-state index in [1.807, 2.05) is 0 Å². The Morgan fingerprint density at radius 1 is 1.27 bits per heavy atom. The van der Waals surface area contributed by atoms with Gasteiger partial charge in [0, 0.05) is 12.6 Å². The predicted octanol–water partition coefficient (Wildman–Crippen LogP) is 0.865. The number of nitrogens with one attached hydrogen (secondary N) is 1. The summed E-state index contributed by atoms with van der Waals surface area (Å²) < 4.78 is 25.9. The molecule has 0 amide bonds. The van der Waals surface area contributed by atoms with Crippen LogP contribution in [0.4, 0.5) is 0 Å². The fraction of sp³-hybridized carbons (Fsp3) is 1.00. The third-order valence-electron chi connectivity index (χ3n) is 3.06. The lowest BCUT2D eigenvalue weighted by Gasteiger charge is -2.28. The number of sulfonamides is 1. The van der Waals surface area contributed by atoms with Crippen molar-refractivity contribution in [3.05, 3.63) is 0 Å². The van der Waals surface area contributed by atoms with E-state index in [9.17, 15) is 8.42 Å². The Balaban J connectivity index is 2.42. The Morgan fingerprint density at radius 3 is 2.20 bits per heavy atom. The molecule has 4 nitrogen and oxygen atoms in total. The van der Waals surface area contributed by atoms with E-state index in [0.717, 1.165) is 25.7 Å². The molecule has 0 unspecified atom stereocenters. The van der Waals surface area contributed by atoms with E-state index in [2.05, 4.69) is 4.72 Å². The third-order valence-corrected chi connectivity index (χ3v) is 4.96. The summed E-state index contributed by atoms with van der Waals surface area (Å²) in [4.78, 5) is 0. The molecule has 15 heavy (non-hydrogen) atoms. The van der Waals surface area contributed by atoms with Crippen molar-refractivity contribution in [2.75, 3.05) is 6.61 Å². The first-order chi connectivity index (χ1) is 6.95. The number of rotatable bonds is 4. The molecule has 0 bridgehead atoms. The van der Waals surface area contributed by atoms with Crippen LogP contribution in [0.1, 0.15) is 39.5 Å². The standard InChI is InChI=1S/C10H21NO3S/c1-8(2)15(13,14)11-10-5-3-9(7-12)4-6-10/h8-12H,3-7H2,1-2H3. The van der Waals surface area contributed by atoms with Crippen molar-refractivity contribution >= 4 is 10.0 Å². The molecular formula is C10H21NO3S. The lowest BCUT2D eigenvalue weighted by atomic mass is 9.87. The van der Waals surface area contributed by atoms with E-state index in [0.29, 0.717) is 5.92 Å². The van der Waals surface area contributed by atoms with Crippen molar-refractivity contribution in [1.82, 2.24) is 4.72 Å². The van der Waals surface area contributed by atoms with Gasteiger partial charge in [0.1, 0.15) is 0 Å². The highest BCUT2D eigenvalue weighted by molar-refractivity contribution is 7.90. The molecular weight excluding hydrogens is 214 g/mol. The second-order valence-corrected chi connectivity index (χ2v) is 6.88. The first-order valence-corrected chi connectivity index (χ1v) is 7.12. The number of aliphatic hydroxyl groups is 1. The largest absolute Gasteiger partial charge is 0.396 e. The highest BCUT2D eigenvalue weighted by Crippen LogP contribution is 2.24. The summed E-state index contributed by atoms with van der Waals surface area (Å²) >= 11 is 0. The monoisotopic (exact) mass is 235 g/mol. The number of hydrogen-bond acceptors (Lipinski definition) is 3. The van der Waals surface area contributed by atoms with Crippen LogP contribution in [0.3, 0.4) is 0 Å². The summed E-state index contributed by atoms with van der Waals surface area (Å²) in [6.45, 7) is 3.59. The lowest BCUT2D eigenvalue weighted by Crippen LogP contribution is -2.41. The predicted molar refractivity (Wildman–Crippen MR) is 60.0 cm³/mol. The van der Waals surface area contributed by atoms with Gasteiger partial charge in [0.2, 0.25) is 10.0 Å². The molecule has 1 aliphatic rings. The maximum absolute atomic E-state index is 11.6. The molecule has 1 fully saturated rings. The lowest BCUT2D eigenvalue weighted by molar-refractivity contribution is 0.180. The molecule has 0 spiro atoms. The molecule has 0 aromatic rings. The number of hydrogen-bond donors (Lipinski definition) is 2. The zero-order chi connectivity index (χ0) is 11.5. The van der Waals surface area contributed by atoms with Crippen molar-refractivity contribution in [2.24, 2.45) is 5.92 Å². The minimum atomic E-state index is -3.13. The second-order valence-electron chi connectivity index (χ2n) is 4.61. The van der Waals surface area contributed by atoms with Crippen LogP contribution >= 0.6 is 0 Å². The summed E-state index contributed by atoms with van der Waals surface area (Å²) in [7, 11) is -3.13. The molecule has 90 valence electrons. The van der Waals surface area contributed by atoms with Crippen molar-refractivity contribution in [1.29, 1.82) is 0 Å². The van der Waals surface area contributed by atoms with Gasteiger partial charge in [-0.3, -0.25) is 0 Å². The summed E-state index contributed by atoms with van der Waals surface area (Å²) in [5.41, 5.74) is 0. The fourth-order valence-electron chi connectivity index (χ4n) is 1.83. The van der Waals surface area contributed by atoms with E-state index >= 15 is 0 Å². The minimum Gasteiger partial charge on any atom is -0.396 e. The van der Waals surface area contributed by atoms with Gasteiger partial charge in [-0.25, -0.2) is 13.1 Å². The Hall–Kier alpha value is -0.130. The quantitative estimate of drug-likeness (QED) is 0.759. The van der Waals surface area contributed by atoms with Crippen molar-refractivity contribution in [2.45, 2.75) is 50.8 Å². The van der Waals surface area contributed by atoms with Gasteiger partial charge < -0.3 is 5.11 Å². The average Bonchev–Trinajstić information content (AvgIpc) is 2.18. The van der Waals surface area contributed by atoms with Crippen molar-refractivity contribution in [3.8, 4) is 0 Å². The Morgan fingerprint density at radius 2 is 1.80 bits per heavy atom. The number of aliphatic hydroxyl groups excluding tert-OH is 1. The molecule has 2 N–H and O–H groups in total. The van der Waals surface area contributed by atoms with Crippen LogP contribution in [0.5, 0.6) is 0 Å². The molecule has 5 heteroatoms. The minimum absolute atomic E-state index is 0.0696. The topological polar surface area (TPSA) is 66.4 Å². The Bertz CT molecular complexity index is 279. The van der Waals surface area contributed by atoms with Gasteiger partial charge in [-0.2, -0.15) is 0 Å². The van der Waals surface area contributed by atoms with Gasteiger partial charge in [0.15, 0.2) is 0 Å². The maximum Gasteiger partial charge on any atom is 0.214 e. The fourth-order valence-corrected chi connectivity index (χ4v) is 2.80. The van der Waals surface area contributed by atoms with Gasteiger partial charge in [0.05, 0.1) is 5.25 Å². The van der Waals surface area contributed by atoms with E-state index in [-0.39, 0.29) is 17.9 Å². The van der Waals surface area contributed by atoms with Crippen LogP contribution < -0.4 is 4.72 Å². The normalized spacial score (nSPS) is 28.3. The molecule has 0 aliphatic heterocycles. The Kier molecular flexibility index (Phi) is 4.55. The highest BCUT2D eigenvalue weighted by atomic mass is 32.2. The molecule has 0 heterocycles. The molecule has 1 saturated carbocycles. The summed E-state index contributed by atoms with van der Waals surface area (Å²) in [5.74, 6) is 0.366. The second kappa shape index (κ2) is 5.27. The van der Waals surface area contributed by atoms with Crippen LogP contribution in [-0.4, -0.2) is 31.4 Å². The van der Waals surface area contributed by atoms with Gasteiger partial charge in [-0.15, -0.1) is 0 Å².